The van der Waals surface area contributed by atoms with Crippen LogP contribution in [0.1, 0.15) is 66.2 Å². The standard InChI is InChI=1S/C28H38O13/c1-19(29)13-25(33)38-17-23(40-27(35)15-21(3)31)9-5-7-11-37-12-8-6-10-24(41-28(36)16-22(4)32)18-39-26(34)14-20(2)30/h5-8,23-24H,9-18H2,1-4H3. The second-order valence-electron chi connectivity index (χ2n) is 9.06. The fourth-order valence-electron chi connectivity index (χ4n) is 2.88. The molecule has 0 N–H and O–H groups in total. The molecule has 2 unspecified atom stereocenters. The zero-order chi connectivity index (χ0) is 31.2. The van der Waals surface area contributed by atoms with Gasteiger partial charge in [-0.1, -0.05) is 24.3 Å². The lowest BCUT2D eigenvalue weighted by molar-refractivity contribution is -0.160. The first-order chi connectivity index (χ1) is 19.3. The van der Waals surface area contributed by atoms with E-state index in [1.54, 1.807) is 24.3 Å². The maximum atomic E-state index is 11.8. The van der Waals surface area contributed by atoms with E-state index in [1.807, 2.05) is 0 Å². The van der Waals surface area contributed by atoms with Gasteiger partial charge in [-0.3, -0.25) is 38.4 Å². The first kappa shape index (κ1) is 37.0. The van der Waals surface area contributed by atoms with Crippen LogP contribution in [0.4, 0.5) is 0 Å². The molecule has 0 aliphatic rings. The average molecular weight is 583 g/mol. The minimum absolute atomic E-state index is 0.159. The van der Waals surface area contributed by atoms with Gasteiger partial charge in [-0.2, -0.15) is 0 Å². The summed E-state index contributed by atoms with van der Waals surface area (Å²) in [6.45, 7) is 4.72. The Hall–Kier alpha value is -4.00. The number of carbonyl (C=O) groups is 8. The molecule has 0 aromatic carbocycles. The molecule has 2 atom stereocenters. The maximum Gasteiger partial charge on any atom is 0.313 e. The number of carbonyl (C=O) groups excluding carboxylic acids is 8. The molecule has 0 amide bonds. The number of Topliss-reactive ketones (excluding diaryl/α,β-unsaturated/α-hetero) is 4. The van der Waals surface area contributed by atoms with Crippen molar-refractivity contribution in [2.75, 3.05) is 26.4 Å². The molecule has 13 heteroatoms. The molecule has 0 rings (SSSR count). The summed E-state index contributed by atoms with van der Waals surface area (Å²) in [6, 6.07) is 0. The Morgan fingerprint density at radius 1 is 0.488 bits per heavy atom. The van der Waals surface area contributed by atoms with Crippen LogP contribution in [-0.2, 0) is 62.0 Å². The lowest BCUT2D eigenvalue weighted by Crippen LogP contribution is -2.26. The van der Waals surface area contributed by atoms with Crippen molar-refractivity contribution in [2.24, 2.45) is 0 Å². The molecule has 0 aliphatic carbocycles. The summed E-state index contributed by atoms with van der Waals surface area (Å²) in [5.41, 5.74) is 0. The van der Waals surface area contributed by atoms with Crippen LogP contribution in [0.3, 0.4) is 0 Å². The summed E-state index contributed by atoms with van der Waals surface area (Å²) in [6.07, 6.45) is 3.48. The highest BCUT2D eigenvalue weighted by molar-refractivity contribution is 5.95. The summed E-state index contributed by atoms with van der Waals surface area (Å²) < 4.78 is 25.7. The molecule has 13 nitrogen and oxygen atoms in total. The minimum Gasteiger partial charge on any atom is -0.461 e. The van der Waals surface area contributed by atoms with Crippen molar-refractivity contribution in [3.63, 3.8) is 0 Å². The van der Waals surface area contributed by atoms with Crippen LogP contribution >= 0.6 is 0 Å². The molecule has 0 heterocycles. The van der Waals surface area contributed by atoms with E-state index >= 15 is 0 Å². The second-order valence-corrected chi connectivity index (χ2v) is 9.06. The lowest BCUT2D eigenvalue weighted by Gasteiger charge is -2.16. The van der Waals surface area contributed by atoms with Crippen LogP contribution in [0.25, 0.3) is 0 Å². The molecule has 0 aliphatic heterocycles. The van der Waals surface area contributed by atoms with Crippen molar-refractivity contribution in [3.05, 3.63) is 24.3 Å². The number of esters is 4. The van der Waals surface area contributed by atoms with Gasteiger partial charge in [0, 0.05) is 12.8 Å². The first-order valence-corrected chi connectivity index (χ1v) is 12.8. The third kappa shape index (κ3) is 23.6. The van der Waals surface area contributed by atoms with E-state index in [0.29, 0.717) is 0 Å². The summed E-state index contributed by atoms with van der Waals surface area (Å²) >= 11 is 0. The highest BCUT2D eigenvalue weighted by Gasteiger charge is 2.19. The van der Waals surface area contributed by atoms with Crippen molar-refractivity contribution in [1.82, 2.24) is 0 Å². The Kier molecular flexibility index (Phi) is 19.7. The highest BCUT2D eigenvalue weighted by Crippen LogP contribution is 2.07. The van der Waals surface area contributed by atoms with Gasteiger partial charge in [-0.05, 0) is 27.7 Å². The quantitative estimate of drug-likeness (QED) is 0.0592. The smallest absolute Gasteiger partial charge is 0.313 e. The molecule has 0 bridgehead atoms. The molecule has 0 saturated heterocycles. The fraction of sp³-hybridized carbons (Fsp3) is 0.571. The molecule has 0 radical (unpaired) electrons. The molecule has 228 valence electrons. The number of hydrogen-bond acceptors (Lipinski definition) is 13. The van der Waals surface area contributed by atoms with E-state index < -0.39 is 61.8 Å². The van der Waals surface area contributed by atoms with Gasteiger partial charge in [0.1, 0.15) is 74.2 Å². The van der Waals surface area contributed by atoms with Crippen LogP contribution in [0, 0.1) is 0 Å². The normalized spacial score (nSPS) is 12.4. The van der Waals surface area contributed by atoms with Crippen molar-refractivity contribution in [1.29, 1.82) is 0 Å². The summed E-state index contributed by atoms with van der Waals surface area (Å²) in [4.78, 5) is 91.1. The number of ether oxygens (including phenoxy) is 5. The lowest BCUT2D eigenvalue weighted by atomic mass is 10.2. The first-order valence-electron chi connectivity index (χ1n) is 12.8. The van der Waals surface area contributed by atoms with Crippen LogP contribution in [0.2, 0.25) is 0 Å². The predicted molar refractivity (Wildman–Crippen MR) is 141 cm³/mol. The number of ketones is 4. The van der Waals surface area contributed by atoms with Gasteiger partial charge >= 0.3 is 23.9 Å². The van der Waals surface area contributed by atoms with Crippen LogP contribution in [-0.4, -0.2) is 85.6 Å². The summed E-state index contributed by atoms with van der Waals surface area (Å²) in [7, 11) is 0. The third-order valence-corrected chi connectivity index (χ3v) is 4.59. The topological polar surface area (TPSA) is 183 Å². The SMILES string of the molecule is CC(=O)CC(=O)OCC(CC=CCOCC=CCC(COC(=O)CC(C)=O)OC(=O)CC(C)=O)OC(=O)CC(C)=O. The summed E-state index contributed by atoms with van der Waals surface area (Å²) in [5, 5.41) is 0. The van der Waals surface area contributed by atoms with Gasteiger partial charge in [0.2, 0.25) is 0 Å². The van der Waals surface area contributed by atoms with Crippen molar-refractivity contribution in [3.8, 4) is 0 Å². The third-order valence-electron chi connectivity index (χ3n) is 4.59. The second kappa shape index (κ2) is 21.8. The summed E-state index contributed by atoms with van der Waals surface area (Å²) in [5.74, 6) is -4.54. The molecule has 0 saturated carbocycles. The number of rotatable bonds is 22. The van der Waals surface area contributed by atoms with Gasteiger partial charge in [0.05, 0.1) is 13.2 Å². The Balaban J connectivity index is 4.70. The molecular formula is C28H38O13. The van der Waals surface area contributed by atoms with Gasteiger partial charge in [0.15, 0.2) is 0 Å². The van der Waals surface area contributed by atoms with Gasteiger partial charge in [0.25, 0.3) is 0 Å². The van der Waals surface area contributed by atoms with E-state index in [9.17, 15) is 38.4 Å². The molecule has 0 fully saturated rings. The average Bonchev–Trinajstić information content (AvgIpc) is 2.82. The van der Waals surface area contributed by atoms with Gasteiger partial charge in [-0.15, -0.1) is 0 Å². The minimum atomic E-state index is -0.860. The number of hydrogen-bond donors (Lipinski definition) is 0. The zero-order valence-electron chi connectivity index (χ0n) is 23.8. The van der Waals surface area contributed by atoms with Crippen LogP contribution < -0.4 is 0 Å². The van der Waals surface area contributed by atoms with E-state index in [0.717, 1.165) is 0 Å². The Morgan fingerprint density at radius 2 is 0.805 bits per heavy atom. The largest absolute Gasteiger partial charge is 0.461 e. The van der Waals surface area contributed by atoms with E-state index in [4.69, 9.17) is 23.7 Å². The monoisotopic (exact) mass is 582 g/mol. The molecular weight excluding hydrogens is 544 g/mol. The maximum absolute atomic E-state index is 11.8. The fourth-order valence-corrected chi connectivity index (χ4v) is 2.88. The van der Waals surface area contributed by atoms with Gasteiger partial charge < -0.3 is 23.7 Å². The predicted octanol–water partition coefficient (Wildman–Crippen LogP) is 1.72. The van der Waals surface area contributed by atoms with Crippen LogP contribution in [0.5, 0.6) is 0 Å². The van der Waals surface area contributed by atoms with Gasteiger partial charge in [-0.25, -0.2) is 0 Å². The van der Waals surface area contributed by atoms with Crippen molar-refractivity contribution < 1.29 is 62.0 Å². The molecule has 0 aromatic heterocycles. The van der Waals surface area contributed by atoms with Crippen LogP contribution in [0.15, 0.2) is 24.3 Å². The Morgan fingerprint density at radius 3 is 1.12 bits per heavy atom. The Bertz CT molecular complexity index is 915. The zero-order valence-corrected chi connectivity index (χ0v) is 23.8. The Labute approximate surface area is 238 Å². The van der Waals surface area contributed by atoms with Crippen molar-refractivity contribution in [2.45, 2.75) is 78.4 Å². The van der Waals surface area contributed by atoms with E-state index in [1.165, 1.54) is 27.7 Å². The van der Waals surface area contributed by atoms with Crippen molar-refractivity contribution >= 4 is 47.0 Å². The highest BCUT2D eigenvalue weighted by atomic mass is 16.6. The van der Waals surface area contributed by atoms with E-state index in [-0.39, 0.29) is 62.4 Å². The molecule has 0 aromatic rings. The molecule has 0 spiro atoms. The molecule has 41 heavy (non-hydrogen) atoms. The van der Waals surface area contributed by atoms with E-state index in [2.05, 4.69) is 0 Å².